The fraction of sp³-hybridized carbons (Fsp3) is 0.0769. The van der Waals surface area contributed by atoms with Crippen molar-refractivity contribution in [1.29, 1.82) is 0 Å². The predicted molar refractivity (Wildman–Crippen MR) is 76.7 cm³/mol. The van der Waals surface area contributed by atoms with Gasteiger partial charge in [-0.1, -0.05) is 30.3 Å². The lowest BCUT2D eigenvalue weighted by atomic mass is 10.2. The Morgan fingerprint density at radius 1 is 0.857 bits per heavy atom. The minimum atomic E-state index is -5.03. The molecule has 21 heavy (non-hydrogen) atoms. The van der Waals surface area contributed by atoms with Gasteiger partial charge >= 0.3 is 10.2 Å². The van der Waals surface area contributed by atoms with Crippen LogP contribution in [0.5, 0.6) is 0 Å². The number of aryl methyl sites for hydroxylation is 1. The number of rotatable bonds is 4. The Labute approximate surface area is 122 Å². The van der Waals surface area contributed by atoms with E-state index in [9.17, 15) is 20.7 Å². The first-order valence-corrected chi connectivity index (χ1v) is 8.70. The van der Waals surface area contributed by atoms with Gasteiger partial charge in [-0.05, 0) is 30.7 Å². The zero-order valence-corrected chi connectivity index (χ0v) is 12.6. The molecule has 0 aliphatic heterocycles. The van der Waals surface area contributed by atoms with Crippen molar-refractivity contribution in [3.8, 4) is 0 Å². The molecule has 1 N–H and O–H groups in total. The Morgan fingerprint density at radius 2 is 1.38 bits per heavy atom. The van der Waals surface area contributed by atoms with E-state index in [0.717, 1.165) is 6.07 Å². The second kappa shape index (κ2) is 5.45. The van der Waals surface area contributed by atoms with E-state index in [-0.39, 0.29) is 10.6 Å². The van der Waals surface area contributed by atoms with Gasteiger partial charge in [0.1, 0.15) is 4.90 Å². The largest absolute Gasteiger partial charge is 0.334 e. The predicted octanol–water partition coefficient (Wildman–Crippen LogP) is 2.45. The number of para-hydroxylation sites is 1. The molecular formula is C13H12FNO4S2. The van der Waals surface area contributed by atoms with Crippen molar-refractivity contribution in [3.05, 3.63) is 54.1 Å². The van der Waals surface area contributed by atoms with Gasteiger partial charge in [-0.2, -0.15) is 8.42 Å². The van der Waals surface area contributed by atoms with Crippen LogP contribution in [0, 0.1) is 6.92 Å². The van der Waals surface area contributed by atoms with Gasteiger partial charge in [0.25, 0.3) is 10.0 Å². The molecule has 8 heteroatoms. The zero-order chi connectivity index (χ0) is 15.7. The molecule has 0 amide bonds. The minimum absolute atomic E-state index is 0.00365. The molecule has 0 unspecified atom stereocenters. The van der Waals surface area contributed by atoms with E-state index < -0.39 is 25.1 Å². The van der Waals surface area contributed by atoms with E-state index >= 15 is 0 Å². The van der Waals surface area contributed by atoms with E-state index in [1.54, 1.807) is 25.1 Å². The Kier molecular flexibility index (Phi) is 4.02. The number of halogens is 1. The third-order valence-corrected chi connectivity index (χ3v) is 5.18. The maximum Gasteiger partial charge on any atom is 0.334 e. The quantitative estimate of drug-likeness (QED) is 0.874. The van der Waals surface area contributed by atoms with Crippen LogP contribution in [0.2, 0.25) is 0 Å². The molecule has 0 bridgehead atoms. The molecule has 0 fully saturated rings. The van der Waals surface area contributed by atoms with Crippen LogP contribution in [0.25, 0.3) is 0 Å². The number of sulfonamides is 1. The monoisotopic (exact) mass is 329 g/mol. The fourth-order valence-corrected chi connectivity index (χ4v) is 3.84. The summed E-state index contributed by atoms with van der Waals surface area (Å²) in [5.74, 6) is 0. The normalized spacial score (nSPS) is 12.1. The van der Waals surface area contributed by atoms with Crippen molar-refractivity contribution in [3.63, 3.8) is 0 Å². The summed E-state index contributed by atoms with van der Waals surface area (Å²) >= 11 is 0. The van der Waals surface area contributed by atoms with Gasteiger partial charge in [-0.25, -0.2) is 8.42 Å². The molecular weight excluding hydrogens is 317 g/mol. The second-order valence-electron chi connectivity index (χ2n) is 4.31. The van der Waals surface area contributed by atoms with E-state index in [1.165, 1.54) is 24.3 Å². The molecule has 0 aliphatic rings. The summed E-state index contributed by atoms with van der Waals surface area (Å²) in [6, 6.07) is 11.1. The highest BCUT2D eigenvalue weighted by Gasteiger charge is 2.22. The molecule has 0 heterocycles. The van der Waals surface area contributed by atoms with Crippen molar-refractivity contribution in [2.45, 2.75) is 16.7 Å². The Bertz CT molecular complexity index is 877. The van der Waals surface area contributed by atoms with Crippen LogP contribution in [-0.2, 0) is 20.2 Å². The van der Waals surface area contributed by atoms with Gasteiger partial charge in [-0.3, -0.25) is 4.72 Å². The summed E-state index contributed by atoms with van der Waals surface area (Å²) in [4.78, 5) is -0.724. The van der Waals surface area contributed by atoms with Crippen LogP contribution in [0.4, 0.5) is 9.57 Å². The maximum atomic E-state index is 13.2. The van der Waals surface area contributed by atoms with Crippen molar-refractivity contribution >= 4 is 25.9 Å². The third-order valence-electron chi connectivity index (χ3n) is 2.78. The second-order valence-corrected chi connectivity index (χ2v) is 7.27. The number of hydrogen-bond donors (Lipinski definition) is 1. The highest BCUT2D eigenvalue weighted by molar-refractivity contribution is 7.93. The molecule has 0 aliphatic carbocycles. The van der Waals surface area contributed by atoms with Crippen molar-refractivity contribution in [1.82, 2.24) is 0 Å². The van der Waals surface area contributed by atoms with Gasteiger partial charge < -0.3 is 0 Å². The molecule has 112 valence electrons. The lowest BCUT2D eigenvalue weighted by Gasteiger charge is -2.12. The lowest BCUT2D eigenvalue weighted by molar-refractivity contribution is 0.552. The SMILES string of the molecule is Cc1ccccc1S(=O)(=O)Nc1ccccc1S(=O)(=O)F. The van der Waals surface area contributed by atoms with Crippen LogP contribution < -0.4 is 4.72 Å². The van der Waals surface area contributed by atoms with Crippen LogP contribution in [0.15, 0.2) is 58.3 Å². The van der Waals surface area contributed by atoms with Gasteiger partial charge in [0.15, 0.2) is 0 Å². The van der Waals surface area contributed by atoms with Crippen molar-refractivity contribution in [2.75, 3.05) is 4.72 Å². The number of anilines is 1. The van der Waals surface area contributed by atoms with E-state index in [0.29, 0.717) is 5.56 Å². The van der Waals surface area contributed by atoms with Gasteiger partial charge in [-0.15, -0.1) is 3.89 Å². The Balaban J connectivity index is 2.51. The zero-order valence-electron chi connectivity index (χ0n) is 10.9. The summed E-state index contributed by atoms with van der Waals surface area (Å²) < 4.78 is 61.9. The van der Waals surface area contributed by atoms with Crippen molar-refractivity contribution < 1.29 is 20.7 Å². The highest BCUT2D eigenvalue weighted by Crippen LogP contribution is 2.26. The topological polar surface area (TPSA) is 80.3 Å². The molecule has 0 atom stereocenters. The van der Waals surface area contributed by atoms with Crippen molar-refractivity contribution in [2.24, 2.45) is 0 Å². The van der Waals surface area contributed by atoms with Crippen LogP contribution in [0.1, 0.15) is 5.56 Å². The molecule has 2 aromatic rings. The lowest BCUT2D eigenvalue weighted by Crippen LogP contribution is -2.15. The number of nitrogens with one attached hydrogen (secondary N) is 1. The van der Waals surface area contributed by atoms with Crippen LogP contribution >= 0.6 is 0 Å². The summed E-state index contributed by atoms with van der Waals surface area (Å²) in [5, 5.41) is 0. The number of benzene rings is 2. The summed E-state index contributed by atoms with van der Waals surface area (Å²) in [7, 11) is -9.03. The van der Waals surface area contributed by atoms with Gasteiger partial charge in [0.2, 0.25) is 0 Å². The summed E-state index contributed by atoms with van der Waals surface area (Å²) in [5.41, 5.74) is 0.161. The van der Waals surface area contributed by atoms with E-state index in [1.807, 2.05) is 0 Å². The molecule has 5 nitrogen and oxygen atoms in total. The summed E-state index contributed by atoms with van der Waals surface area (Å²) in [6.07, 6.45) is 0. The smallest absolute Gasteiger partial charge is 0.278 e. The molecule has 0 saturated carbocycles. The maximum absolute atomic E-state index is 13.2. The van der Waals surface area contributed by atoms with E-state index in [4.69, 9.17) is 0 Å². The molecule has 2 rings (SSSR count). The Hall–Kier alpha value is -1.93. The Morgan fingerprint density at radius 3 is 1.95 bits per heavy atom. The molecule has 2 aromatic carbocycles. The van der Waals surface area contributed by atoms with Gasteiger partial charge in [0.05, 0.1) is 10.6 Å². The van der Waals surface area contributed by atoms with E-state index in [2.05, 4.69) is 4.72 Å². The fourth-order valence-electron chi connectivity index (χ4n) is 1.82. The van der Waals surface area contributed by atoms with Crippen LogP contribution in [-0.4, -0.2) is 16.8 Å². The highest BCUT2D eigenvalue weighted by atomic mass is 32.3. The molecule has 0 radical (unpaired) electrons. The molecule has 0 spiro atoms. The first-order chi connectivity index (χ1) is 9.72. The summed E-state index contributed by atoms with van der Waals surface area (Å²) in [6.45, 7) is 1.60. The van der Waals surface area contributed by atoms with Gasteiger partial charge in [0, 0.05) is 0 Å². The minimum Gasteiger partial charge on any atom is -0.278 e. The third kappa shape index (κ3) is 3.40. The average Bonchev–Trinajstić information content (AvgIpc) is 2.38. The molecule has 0 saturated heterocycles. The molecule has 0 aromatic heterocycles. The first-order valence-electron chi connectivity index (χ1n) is 5.84. The first kappa shape index (κ1) is 15.5. The van der Waals surface area contributed by atoms with Crippen LogP contribution in [0.3, 0.4) is 0 Å². The number of hydrogen-bond acceptors (Lipinski definition) is 4. The standard InChI is InChI=1S/C13H12FNO4S2/c1-10-6-2-4-8-12(10)21(18,19)15-11-7-3-5-9-13(11)20(14,16)17/h2-9,15H,1H3. The average molecular weight is 329 g/mol.